The summed E-state index contributed by atoms with van der Waals surface area (Å²) in [6.07, 6.45) is -1.66. The number of nitrogens with two attached hydrogens (primary N) is 2. The van der Waals surface area contributed by atoms with Gasteiger partial charge in [-0.15, -0.1) is 9.66 Å². The van der Waals surface area contributed by atoms with Gasteiger partial charge in [0.2, 0.25) is 12.1 Å². The van der Waals surface area contributed by atoms with E-state index in [0.717, 1.165) is 13.0 Å². The quantitative estimate of drug-likeness (QED) is 0.436. The highest BCUT2D eigenvalue weighted by atomic mass is 32.2. The first-order chi connectivity index (χ1) is 11.3. The fraction of sp³-hybridized carbons (Fsp3) is 0.286. The van der Waals surface area contributed by atoms with Crippen molar-refractivity contribution in [3.8, 4) is 0 Å². The topological polar surface area (TPSA) is 126 Å². The molecular formula is C14H17F3N4O3S. The largest absolute Gasteiger partial charge is 0.744 e. The van der Waals surface area contributed by atoms with Crippen LogP contribution >= 0.6 is 0 Å². The summed E-state index contributed by atoms with van der Waals surface area (Å²) in [5, 5.41) is 0. The second kappa shape index (κ2) is 7.23. The number of anilines is 1. The highest BCUT2D eigenvalue weighted by Crippen LogP contribution is 2.37. The summed E-state index contributed by atoms with van der Waals surface area (Å²) < 4.78 is 72.2. The Morgan fingerprint density at radius 1 is 1.20 bits per heavy atom. The molecule has 0 aliphatic rings. The molecular weight excluding hydrogens is 361 g/mol. The number of hydrogen-bond acceptors (Lipinski definition) is 6. The number of alkyl halides is 3. The van der Waals surface area contributed by atoms with E-state index in [-0.39, 0.29) is 11.1 Å². The molecule has 0 bridgehead atoms. The summed E-state index contributed by atoms with van der Waals surface area (Å²) in [4.78, 5) is 2.92. The summed E-state index contributed by atoms with van der Waals surface area (Å²) >= 11 is 0. The molecule has 0 amide bonds. The van der Waals surface area contributed by atoms with Gasteiger partial charge in [-0.1, -0.05) is 6.07 Å². The number of rotatable bonds is 1. The van der Waals surface area contributed by atoms with Crippen LogP contribution in [0, 0.1) is 20.8 Å². The van der Waals surface area contributed by atoms with E-state index in [9.17, 15) is 26.1 Å². The van der Waals surface area contributed by atoms with Crippen molar-refractivity contribution in [2.45, 2.75) is 31.8 Å². The molecule has 0 unspecified atom stereocenters. The monoisotopic (exact) mass is 378 g/mol. The van der Waals surface area contributed by atoms with E-state index in [0.29, 0.717) is 5.82 Å². The minimum Gasteiger partial charge on any atom is -0.744 e. The Balaban J connectivity index is 0.000000324. The van der Waals surface area contributed by atoms with Crippen molar-refractivity contribution in [3.63, 3.8) is 0 Å². The molecule has 0 saturated carbocycles. The lowest BCUT2D eigenvalue weighted by Crippen LogP contribution is -2.46. The van der Waals surface area contributed by atoms with Crippen LogP contribution in [0.3, 0.4) is 0 Å². The predicted octanol–water partition coefficient (Wildman–Crippen LogP) is 1.20. The lowest BCUT2D eigenvalue weighted by molar-refractivity contribution is -0.627. The Morgan fingerprint density at radius 3 is 2.12 bits per heavy atom. The van der Waals surface area contributed by atoms with Crippen molar-refractivity contribution in [2.75, 3.05) is 11.6 Å². The minimum absolute atomic E-state index is 0.0306. The molecule has 1 aromatic carbocycles. The van der Waals surface area contributed by atoms with Crippen LogP contribution < -0.4 is 16.3 Å². The normalized spacial score (nSPS) is 11.6. The van der Waals surface area contributed by atoms with Gasteiger partial charge in [-0.3, -0.25) is 5.84 Å². The SMILES string of the molecule is Cc1cc(C)c(S(=O)(=O)[O-])c(C)c1C(F)(F)F.Nc1ccnc[n+]1N. The summed E-state index contributed by atoms with van der Waals surface area (Å²) in [6, 6.07) is 2.68. The third-order valence-corrected chi connectivity index (χ3v) is 4.38. The first kappa shape index (κ1) is 20.6. The molecule has 2 rings (SSSR count). The smallest absolute Gasteiger partial charge is 0.416 e. The van der Waals surface area contributed by atoms with Crippen molar-refractivity contribution < 1.29 is 30.8 Å². The van der Waals surface area contributed by atoms with Gasteiger partial charge in [0.25, 0.3) is 0 Å². The van der Waals surface area contributed by atoms with Gasteiger partial charge >= 0.3 is 6.18 Å². The lowest BCUT2D eigenvalue weighted by Gasteiger charge is -2.20. The summed E-state index contributed by atoms with van der Waals surface area (Å²) in [6.45, 7) is 3.52. The molecule has 0 atom stereocenters. The molecule has 25 heavy (non-hydrogen) atoms. The average molecular weight is 378 g/mol. The van der Waals surface area contributed by atoms with E-state index in [2.05, 4.69) is 4.98 Å². The Kier molecular flexibility index (Phi) is 5.97. The molecule has 1 aromatic heterocycles. The Morgan fingerprint density at radius 2 is 1.76 bits per heavy atom. The fourth-order valence-electron chi connectivity index (χ4n) is 2.37. The third kappa shape index (κ3) is 5.03. The zero-order valence-electron chi connectivity index (χ0n) is 13.6. The minimum atomic E-state index is -4.91. The molecule has 4 N–H and O–H groups in total. The second-order valence-electron chi connectivity index (χ2n) is 5.20. The highest BCUT2D eigenvalue weighted by molar-refractivity contribution is 7.85. The molecule has 0 saturated heterocycles. The van der Waals surface area contributed by atoms with Crippen molar-refractivity contribution in [1.29, 1.82) is 0 Å². The Bertz CT molecular complexity index is 863. The van der Waals surface area contributed by atoms with E-state index in [1.54, 1.807) is 12.3 Å². The molecule has 0 aliphatic heterocycles. The summed E-state index contributed by atoms with van der Waals surface area (Å²) in [5.41, 5.74) is 3.66. The van der Waals surface area contributed by atoms with E-state index < -0.39 is 32.3 Å². The van der Waals surface area contributed by atoms with Gasteiger partial charge in [-0.25, -0.2) is 8.42 Å². The van der Waals surface area contributed by atoms with E-state index in [4.69, 9.17) is 11.6 Å². The van der Waals surface area contributed by atoms with Gasteiger partial charge in [0.05, 0.1) is 10.5 Å². The predicted molar refractivity (Wildman–Crippen MR) is 82.6 cm³/mol. The molecule has 0 spiro atoms. The van der Waals surface area contributed by atoms with Crippen LogP contribution in [0.5, 0.6) is 0 Å². The van der Waals surface area contributed by atoms with Gasteiger partial charge < -0.3 is 10.3 Å². The fourth-order valence-corrected chi connectivity index (χ4v) is 3.30. The highest BCUT2D eigenvalue weighted by Gasteiger charge is 2.36. The first-order valence-corrected chi connectivity index (χ1v) is 8.17. The van der Waals surface area contributed by atoms with Crippen molar-refractivity contribution >= 4 is 15.9 Å². The molecule has 1 heterocycles. The van der Waals surface area contributed by atoms with Crippen LogP contribution in [0.1, 0.15) is 22.3 Å². The lowest BCUT2D eigenvalue weighted by atomic mass is 9.99. The molecule has 0 fully saturated rings. The first-order valence-electron chi connectivity index (χ1n) is 6.77. The molecule has 0 aliphatic carbocycles. The van der Waals surface area contributed by atoms with Crippen LogP contribution in [-0.4, -0.2) is 18.0 Å². The Labute approximate surface area is 142 Å². The average Bonchev–Trinajstić information content (AvgIpc) is 2.38. The molecule has 138 valence electrons. The van der Waals surface area contributed by atoms with Gasteiger partial charge in [-0.2, -0.15) is 13.2 Å². The van der Waals surface area contributed by atoms with Crippen LogP contribution in [-0.2, 0) is 16.3 Å². The molecule has 11 heteroatoms. The zero-order valence-corrected chi connectivity index (χ0v) is 14.4. The number of aromatic nitrogens is 2. The van der Waals surface area contributed by atoms with Gasteiger partial charge in [-0.05, 0) is 37.5 Å². The van der Waals surface area contributed by atoms with Crippen molar-refractivity contribution in [3.05, 3.63) is 46.9 Å². The zero-order chi connectivity index (χ0) is 19.6. The molecule has 2 aromatic rings. The number of benzene rings is 1. The summed E-state index contributed by atoms with van der Waals surface area (Å²) in [7, 11) is -4.91. The van der Waals surface area contributed by atoms with Crippen LogP contribution in [0.2, 0.25) is 0 Å². The Hall–Kier alpha value is -2.40. The molecule has 7 nitrogen and oxygen atoms in total. The second-order valence-corrected chi connectivity index (χ2v) is 6.52. The third-order valence-electron chi connectivity index (χ3n) is 3.26. The van der Waals surface area contributed by atoms with Crippen LogP contribution in [0.4, 0.5) is 19.0 Å². The maximum atomic E-state index is 12.7. The van der Waals surface area contributed by atoms with Crippen LogP contribution in [0.15, 0.2) is 29.6 Å². The van der Waals surface area contributed by atoms with Crippen molar-refractivity contribution in [1.82, 2.24) is 4.98 Å². The van der Waals surface area contributed by atoms with E-state index in [1.165, 1.54) is 24.9 Å². The van der Waals surface area contributed by atoms with Gasteiger partial charge in [0.15, 0.2) is 0 Å². The maximum Gasteiger partial charge on any atom is 0.416 e. The van der Waals surface area contributed by atoms with Crippen LogP contribution in [0.25, 0.3) is 0 Å². The number of hydrogen-bond donors (Lipinski definition) is 2. The molecule has 0 radical (unpaired) electrons. The van der Waals surface area contributed by atoms with Gasteiger partial charge in [0, 0.05) is 6.07 Å². The standard InChI is InChI=1S/C10H11F3O3S.C4H6N4/c1-5-4-6(2)9(17(14,15)16)7(3)8(5)10(11,12)13;5-4-1-2-7-3-8(4)6/h4H,1-3H3,(H,14,15,16);1-3,5H,6H2. The number of nitrogen functional groups attached to an aromatic ring is 2. The number of halogens is 3. The van der Waals surface area contributed by atoms with Gasteiger partial charge in [0.1, 0.15) is 16.3 Å². The maximum absolute atomic E-state index is 12.7. The van der Waals surface area contributed by atoms with E-state index >= 15 is 0 Å². The van der Waals surface area contributed by atoms with E-state index in [1.807, 2.05) is 0 Å². The number of aryl methyl sites for hydroxylation is 2. The summed E-state index contributed by atoms with van der Waals surface area (Å²) in [5.74, 6) is 5.75. The number of nitrogens with zero attached hydrogens (tertiary/aromatic N) is 2. The van der Waals surface area contributed by atoms with Crippen molar-refractivity contribution in [2.24, 2.45) is 0 Å².